The Kier molecular flexibility index (Phi) is 4.54. The van der Waals surface area contributed by atoms with Gasteiger partial charge < -0.3 is 10.2 Å². The van der Waals surface area contributed by atoms with E-state index in [9.17, 15) is 14.4 Å². The van der Waals surface area contributed by atoms with E-state index in [1.807, 2.05) is 60.7 Å². The highest BCUT2D eigenvalue weighted by Gasteiger charge is 2.49. The smallest absolute Gasteiger partial charge is 0.319 e. The molecule has 0 spiro atoms. The minimum Gasteiger partial charge on any atom is -0.319 e. The van der Waals surface area contributed by atoms with Crippen molar-refractivity contribution in [1.82, 2.24) is 10.2 Å². The molecule has 1 aliphatic rings. The molecular formula is C23H21N3O3. The summed E-state index contributed by atoms with van der Waals surface area (Å²) in [6.07, 6.45) is 0. The number of nitrogens with zero attached hydrogens (tertiary/aromatic N) is 2. The van der Waals surface area contributed by atoms with Gasteiger partial charge in [-0.3, -0.25) is 14.5 Å². The third-order valence-corrected chi connectivity index (χ3v) is 5.41. The van der Waals surface area contributed by atoms with Crippen molar-refractivity contribution in [3.8, 4) is 0 Å². The number of benzene rings is 3. The van der Waals surface area contributed by atoms with Crippen molar-refractivity contribution in [3.05, 3.63) is 78.4 Å². The Morgan fingerprint density at radius 2 is 1.62 bits per heavy atom. The first-order valence-electron chi connectivity index (χ1n) is 9.35. The molecule has 1 heterocycles. The third kappa shape index (κ3) is 3.23. The van der Waals surface area contributed by atoms with E-state index < -0.39 is 17.5 Å². The number of rotatable bonds is 4. The number of hydrogen-bond acceptors (Lipinski definition) is 3. The molecule has 0 bridgehead atoms. The highest BCUT2D eigenvalue weighted by Crippen LogP contribution is 2.31. The van der Waals surface area contributed by atoms with Gasteiger partial charge in [-0.25, -0.2) is 4.79 Å². The Labute approximate surface area is 168 Å². The monoisotopic (exact) mass is 387 g/mol. The number of imide groups is 1. The van der Waals surface area contributed by atoms with Gasteiger partial charge in [0.2, 0.25) is 5.91 Å². The molecule has 4 rings (SSSR count). The van der Waals surface area contributed by atoms with E-state index in [-0.39, 0.29) is 12.5 Å². The van der Waals surface area contributed by atoms with Crippen molar-refractivity contribution in [3.63, 3.8) is 0 Å². The molecule has 0 saturated carbocycles. The molecular weight excluding hydrogens is 366 g/mol. The molecule has 146 valence electrons. The van der Waals surface area contributed by atoms with Gasteiger partial charge in [0.05, 0.1) is 0 Å². The van der Waals surface area contributed by atoms with Gasteiger partial charge in [-0.15, -0.1) is 0 Å². The molecule has 1 N–H and O–H groups in total. The Balaban J connectivity index is 1.58. The SMILES string of the molecule is CN(C(=O)CN1C(=O)NC(C)(c2ccc3ccccc3c2)C1=O)c1ccccc1. The van der Waals surface area contributed by atoms with Crippen LogP contribution in [0, 0.1) is 0 Å². The van der Waals surface area contributed by atoms with Crippen LogP contribution in [0.4, 0.5) is 10.5 Å². The summed E-state index contributed by atoms with van der Waals surface area (Å²) in [5.74, 6) is -0.782. The maximum Gasteiger partial charge on any atom is 0.325 e. The molecule has 0 aliphatic carbocycles. The van der Waals surface area contributed by atoms with Gasteiger partial charge in [0, 0.05) is 12.7 Å². The summed E-state index contributed by atoms with van der Waals surface area (Å²) in [6, 6.07) is 22.0. The van der Waals surface area contributed by atoms with Crippen molar-refractivity contribution in [2.45, 2.75) is 12.5 Å². The molecule has 0 radical (unpaired) electrons. The number of likely N-dealkylation sites (N-methyl/N-ethyl adjacent to an activating group) is 1. The zero-order valence-corrected chi connectivity index (χ0v) is 16.3. The second-order valence-corrected chi connectivity index (χ2v) is 7.30. The first-order chi connectivity index (χ1) is 13.9. The van der Waals surface area contributed by atoms with Crippen LogP contribution in [0.3, 0.4) is 0 Å². The normalized spacial score (nSPS) is 18.8. The molecule has 3 aromatic rings. The first kappa shape index (κ1) is 18.7. The first-order valence-corrected chi connectivity index (χ1v) is 9.35. The Bertz CT molecular complexity index is 1110. The van der Waals surface area contributed by atoms with Gasteiger partial charge in [-0.2, -0.15) is 0 Å². The summed E-state index contributed by atoms with van der Waals surface area (Å²) >= 11 is 0. The minimum atomic E-state index is -1.22. The lowest BCUT2D eigenvalue weighted by Crippen LogP contribution is -2.43. The Morgan fingerprint density at radius 3 is 2.34 bits per heavy atom. The minimum absolute atomic E-state index is 0.320. The van der Waals surface area contributed by atoms with E-state index in [1.54, 1.807) is 26.1 Å². The molecule has 1 fully saturated rings. The largest absolute Gasteiger partial charge is 0.325 e. The molecule has 6 nitrogen and oxygen atoms in total. The van der Waals surface area contributed by atoms with Crippen molar-refractivity contribution >= 4 is 34.3 Å². The van der Waals surface area contributed by atoms with Gasteiger partial charge in [0.15, 0.2) is 0 Å². The van der Waals surface area contributed by atoms with Crippen LogP contribution in [-0.4, -0.2) is 36.3 Å². The Morgan fingerprint density at radius 1 is 0.966 bits per heavy atom. The number of para-hydroxylation sites is 1. The van der Waals surface area contributed by atoms with E-state index in [1.165, 1.54) is 4.90 Å². The second kappa shape index (κ2) is 7.05. The molecule has 6 heteroatoms. The molecule has 1 aliphatic heterocycles. The van der Waals surface area contributed by atoms with Crippen molar-refractivity contribution in [2.75, 3.05) is 18.5 Å². The number of anilines is 1. The molecule has 29 heavy (non-hydrogen) atoms. The summed E-state index contributed by atoms with van der Waals surface area (Å²) in [5, 5.41) is 4.79. The maximum atomic E-state index is 13.1. The number of hydrogen-bond donors (Lipinski definition) is 1. The molecule has 1 unspecified atom stereocenters. The van der Waals surface area contributed by atoms with Gasteiger partial charge in [-0.1, -0.05) is 54.6 Å². The quantitative estimate of drug-likeness (QED) is 0.699. The van der Waals surface area contributed by atoms with Crippen LogP contribution in [0.1, 0.15) is 12.5 Å². The number of urea groups is 1. The lowest BCUT2D eigenvalue weighted by molar-refractivity contribution is -0.134. The van der Waals surface area contributed by atoms with E-state index in [0.29, 0.717) is 11.3 Å². The van der Waals surface area contributed by atoms with Crippen molar-refractivity contribution in [2.24, 2.45) is 0 Å². The van der Waals surface area contributed by atoms with Crippen LogP contribution in [-0.2, 0) is 15.1 Å². The fourth-order valence-electron chi connectivity index (χ4n) is 3.57. The van der Waals surface area contributed by atoms with Crippen LogP contribution in [0.2, 0.25) is 0 Å². The summed E-state index contributed by atoms with van der Waals surface area (Å²) in [7, 11) is 1.62. The fraction of sp³-hybridized carbons (Fsp3) is 0.174. The molecule has 4 amide bonds. The number of carbonyl (C=O) groups is 3. The summed E-state index contributed by atoms with van der Waals surface area (Å²) in [6.45, 7) is 1.35. The predicted molar refractivity (Wildman–Crippen MR) is 111 cm³/mol. The highest BCUT2D eigenvalue weighted by atomic mass is 16.2. The summed E-state index contributed by atoms with van der Waals surface area (Å²) < 4.78 is 0. The predicted octanol–water partition coefficient (Wildman–Crippen LogP) is 3.27. The van der Waals surface area contributed by atoms with Crippen LogP contribution in [0.25, 0.3) is 10.8 Å². The number of amides is 4. The van der Waals surface area contributed by atoms with E-state index in [2.05, 4.69) is 5.32 Å². The molecule has 1 saturated heterocycles. The summed E-state index contributed by atoms with van der Waals surface area (Å²) in [5.41, 5.74) is 0.162. The number of nitrogens with one attached hydrogen (secondary N) is 1. The van der Waals surface area contributed by atoms with Gasteiger partial charge in [-0.05, 0) is 41.5 Å². The molecule has 3 aromatic carbocycles. The van der Waals surface area contributed by atoms with E-state index in [0.717, 1.165) is 15.7 Å². The highest BCUT2D eigenvalue weighted by molar-refractivity contribution is 6.10. The lowest BCUT2D eigenvalue weighted by atomic mass is 9.90. The van der Waals surface area contributed by atoms with Crippen molar-refractivity contribution < 1.29 is 14.4 Å². The lowest BCUT2D eigenvalue weighted by Gasteiger charge is -2.23. The van der Waals surface area contributed by atoms with Crippen molar-refractivity contribution in [1.29, 1.82) is 0 Å². The van der Waals surface area contributed by atoms with Crippen LogP contribution >= 0.6 is 0 Å². The van der Waals surface area contributed by atoms with Gasteiger partial charge in [0.1, 0.15) is 12.1 Å². The fourth-order valence-corrected chi connectivity index (χ4v) is 3.57. The third-order valence-electron chi connectivity index (χ3n) is 5.41. The number of carbonyl (C=O) groups excluding carboxylic acids is 3. The van der Waals surface area contributed by atoms with Crippen LogP contribution in [0.5, 0.6) is 0 Å². The van der Waals surface area contributed by atoms with E-state index >= 15 is 0 Å². The Hall–Kier alpha value is -3.67. The second-order valence-electron chi connectivity index (χ2n) is 7.30. The van der Waals surface area contributed by atoms with Crippen LogP contribution < -0.4 is 10.2 Å². The topological polar surface area (TPSA) is 69.7 Å². The average Bonchev–Trinajstić information content (AvgIpc) is 2.97. The maximum absolute atomic E-state index is 13.1. The summed E-state index contributed by atoms with van der Waals surface area (Å²) in [4.78, 5) is 40.8. The zero-order valence-electron chi connectivity index (χ0n) is 16.3. The standard InChI is InChI=1S/C23H21N3O3/c1-23(18-13-12-16-8-6-7-9-17(16)14-18)21(28)26(22(29)24-23)15-20(27)25(2)19-10-4-3-5-11-19/h3-14H,15H2,1-2H3,(H,24,29). The van der Waals surface area contributed by atoms with E-state index in [4.69, 9.17) is 0 Å². The molecule has 1 atom stereocenters. The van der Waals surface area contributed by atoms with Gasteiger partial charge in [0.25, 0.3) is 5.91 Å². The number of fused-ring (bicyclic) bond motifs is 1. The molecule has 0 aromatic heterocycles. The zero-order chi connectivity index (χ0) is 20.6. The average molecular weight is 387 g/mol. The van der Waals surface area contributed by atoms with Gasteiger partial charge >= 0.3 is 6.03 Å². The van der Waals surface area contributed by atoms with Crippen LogP contribution in [0.15, 0.2) is 72.8 Å².